The van der Waals surface area contributed by atoms with Crippen LogP contribution < -0.4 is 0 Å². The van der Waals surface area contributed by atoms with Crippen molar-refractivity contribution in [2.45, 2.75) is 12.4 Å². The zero-order valence-corrected chi connectivity index (χ0v) is 6.42. The summed E-state index contributed by atoms with van der Waals surface area (Å²) in [4.78, 5) is 0. The van der Waals surface area contributed by atoms with E-state index in [0.29, 0.717) is 0 Å². The zero-order valence-electron chi connectivity index (χ0n) is 6.42. The van der Waals surface area contributed by atoms with E-state index in [1.54, 1.807) is 0 Å². The molecule has 0 aromatic rings. The summed E-state index contributed by atoms with van der Waals surface area (Å²) in [6.45, 7) is 0. The van der Waals surface area contributed by atoms with Crippen molar-refractivity contribution in [2.24, 2.45) is 11.8 Å². The Bertz CT molecular complexity index is 286. The van der Waals surface area contributed by atoms with Crippen LogP contribution in [0.2, 0.25) is 0 Å². The minimum atomic E-state index is -4.68. The monoisotopic (exact) mass is 212 g/mol. The van der Waals surface area contributed by atoms with Gasteiger partial charge >= 0.3 is 12.4 Å². The van der Waals surface area contributed by atoms with Crippen molar-refractivity contribution < 1.29 is 26.3 Å². The summed E-state index contributed by atoms with van der Waals surface area (Å²) in [5.74, 6) is 1.26. The summed E-state index contributed by atoms with van der Waals surface area (Å²) < 4.78 is 71.3. The molecule has 0 aliphatic heterocycles. The van der Waals surface area contributed by atoms with Crippen LogP contribution in [0.5, 0.6) is 0 Å². The van der Waals surface area contributed by atoms with Gasteiger partial charge in [-0.2, -0.15) is 26.3 Å². The molecule has 0 nitrogen and oxygen atoms in total. The number of alkyl halides is 6. The molecule has 0 atom stereocenters. The van der Waals surface area contributed by atoms with E-state index in [9.17, 15) is 26.3 Å². The maximum atomic E-state index is 11.9. The average Bonchev–Trinajstić information content (AvgIpc) is 2.01. The Kier molecular flexibility index (Phi) is 2.41. The Balaban J connectivity index is 2.81. The van der Waals surface area contributed by atoms with Gasteiger partial charge in [-0.15, -0.1) is 0 Å². The molecule has 0 saturated heterocycles. The van der Waals surface area contributed by atoms with Gasteiger partial charge in [0.1, 0.15) is 0 Å². The van der Waals surface area contributed by atoms with Crippen molar-refractivity contribution in [1.29, 1.82) is 0 Å². The minimum Gasteiger partial charge on any atom is -0.169 e. The molecule has 0 bridgehead atoms. The fourth-order valence-electron chi connectivity index (χ4n) is 0.733. The molecule has 0 aromatic carbocycles. The molecule has 1 aliphatic carbocycles. The highest BCUT2D eigenvalue weighted by Crippen LogP contribution is 2.30. The highest BCUT2D eigenvalue weighted by Gasteiger charge is 2.42. The lowest BCUT2D eigenvalue weighted by molar-refractivity contribution is -0.150. The molecule has 0 N–H and O–H groups in total. The molecular formula is C8H2F6. The van der Waals surface area contributed by atoms with Gasteiger partial charge in [-0.1, -0.05) is 23.7 Å². The Hall–Kier alpha value is -1.30. The second kappa shape index (κ2) is 3.13. The van der Waals surface area contributed by atoms with Crippen molar-refractivity contribution in [3.8, 4) is 23.7 Å². The largest absolute Gasteiger partial charge is 0.413 e. The molecular weight excluding hydrogens is 210 g/mol. The van der Waals surface area contributed by atoms with E-state index in [2.05, 4.69) is 0 Å². The van der Waals surface area contributed by atoms with Gasteiger partial charge in [0.15, 0.2) is 11.8 Å². The van der Waals surface area contributed by atoms with Gasteiger partial charge in [0.05, 0.1) is 0 Å². The van der Waals surface area contributed by atoms with Crippen LogP contribution in [-0.2, 0) is 0 Å². The minimum absolute atomic E-state index is 1.45. The summed E-state index contributed by atoms with van der Waals surface area (Å²) in [5, 5.41) is 0. The van der Waals surface area contributed by atoms with E-state index in [-0.39, 0.29) is 0 Å². The molecule has 0 unspecified atom stereocenters. The highest BCUT2D eigenvalue weighted by molar-refractivity contribution is 5.32. The zero-order chi connectivity index (χ0) is 11.0. The molecule has 0 aromatic heterocycles. The summed E-state index contributed by atoms with van der Waals surface area (Å²) in [5.41, 5.74) is 0. The molecule has 1 aliphatic rings. The molecule has 14 heavy (non-hydrogen) atoms. The number of halogens is 6. The predicted molar refractivity (Wildman–Crippen MR) is 34.6 cm³/mol. The van der Waals surface area contributed by atoms with Gasteiger partial charge in [-0.25, -0.2) is 0 Å². The molecule has 0 spiro atoms. The first-order chi connectivity index (χ1) is 6.21. The third-order valence-corrected chi connectivity index (χ3v) is 1.40. The van der Waals surface area contributed by atoms with Crippen LogP contribution in [0.25, 0.3) is 0 Å². The number of hydrogen-bond donors (Lipinski definition) is 0. The standard InChI is InChI=1S/C8H2F6/c9-7(10,11)5-1-2-6(4-3-5)8(12,13)14/h5-6H. The predicted octanol–water partition coefficient (Wildman–Crippen LogP) is 2.36. The van der Waals surface area contributed by atoms with E-state index in [4.69, 9.17) is 0 Å². The maximum Gasteiger partial charge on any atom is 0.413 e. The Labute approximate surface area is 75.3 Å². The topological polar surface area (TPSA) is 0 Å². The lowest BCUT2D eigenvalue weighted by Crippen LogP contribution is -2.26. The van der Waals surface area contributed by atoms with Gasteiger partial charge in [0.2, 0.25) is 0 Å². The number of rotatable bonds is 0. The lowest BCUT2D eigenvalue weighted by Gasteiger charge is -2.14. The van der Waals surface area contributed by atoms with Gasteiger partial charge in [0.25, 0.3) is 0 Å². The summed E-state index contributed by atoms with van der Waals surface area (Å²) in [7, 11) is 0. The molecule has 1 rings (SSSR count). The van der Waals surface area contributed by atoms with Gasteiger partial charge in [-0.3, -0.25) is 0 Å². The smallest absolute Gasteiger partial charge is 0.169 e. The second-order valence-electron chi connectivity index (χ2n) is 2.53. The van der Waals surface area contributed by atoms with E-state index >= 15 is 0 Å². The normalized spacial score (nSPS) is 25.9. The second-order valence-corrected chi connectivity index (χ2v) is 2.53. The summed E-state index contributed by atoms with van der Waals surface area (Å²) >= 11 is 0. The fourth-order valence-corrected chi connectivity index (χ4v) is 0.733. The first-order valence-electron chi connectivity index (χ1n) is 3.37. The van der Waals surface area contributed by atoms with E-state index in [0.717, 1.165) is 0 Å². The molecule has 76 valence electrons. The van der Waals surface area contributed by atoms with E-state index < -0.39 is 24.2 Å². The SMILES string of the molecule is FC(F)(F)C1C#CC(C(F)(F)F)C#C1. The van der Waals surface area contributed by atoms with Crippen LogP contribution in [0.1, 0.15) is 0 Å². The quantitative estimate of drug-likeness (QED) is 0.427. The first kappa shape index (κ1) is 10.8. The first-order valence-corrected chi connectivity index (χ1v) is 3.37. The van der Waals surface area contributed by atoms with Crippen LogP contribution in [0, 0.1) is 35.5 Å². The molecule has 0 saturated carbocycles. The van der Waals surface area contributed by atoms with Crippen molar-refractivity contribution in [2.75, 3.05) is 0 Å². The van der Waals surface area contributed by atoms with Crippen LogP contribution in [0.4, 0.5) is 26.3 Å². The van der Waals surface area contributed by atoms with Crippen LogP contribution in [0.15, 0.2) is 0 Å². The van der Waals surface area contributed by atoms with Crippen LogP contribution in [0.3, 0.4) is 0 Å². The van der Waals surface area contributed by atoms with E-state index in [1.807, 2.05) is 0 Å². The van der Waals surface area contributed by atoms with Crippen molar-refractivity contribution >= 4 is 0 Å². The molecule has 0 radical (unpaired) electrons. The molecule has 0 fully saturated rings. The van der Waals surface area contributed by atoms with Gasteiger partial charge < -0.3 is 0 Å². The van der Waals surface area contributed by atoms with Crippen LogP contribution in [-0.4, -0.2) is 12.4 Å². The molecule has 6 heteroatoms. The fraction of sp³-hybridized carbons (Fsp3) is 0.500. The summed E-state index contributed by atoms with van der Waals surface area (Å²) in [6, 6.07) is 0. The van der Waals surface area contributed by atoms with Gasteiger partial charge in [0, 0.05) is 0 Å². The van der Waals surface area contributed by atoms with E-state index in [1.165, 1.54) is 23.7 Å². The third-order valence-electron chi connectivity index (χ3n) is 1.40. The molecule has 0 amide bonds. The Morgan fingerprint density at radius 3 is 0.929 bits per heavy atom. The Morgan fingerprint density at radius 1 is 0.571 bits per heavy atom. The number of hydrogen-bond acceptors (Lipinski definition) is 0. The van der Waals surface area contributed by atoms with Crippen molar-refractivity contribution in [1.82, 2.24) is 0 Å². The van der Waals surface area contributed by atoms with Gasteiger partial charge in [-0.05, 0) is 0 Å². The van der Waals surface area contributed by atoms with Crippen molar-refractivity contribution in [3.63, 3.8) is 0 Å². The summed E-state index contributed by atoms with van der Waals surface area (Å²) in [6.07, 6.45) is -9.37. The third kappa shape index (κ3) is 2.35. The lowest BCUT2D eigenvalue weighted by atomic mass is 10.0. The van der Waals surface area contributed by atoms with Crippen LogP contribution >= 0.6 is 0 Å². The maximum absolute atomic E-state index is 11.9. The highest BCUT2D eigenvalue weighted by atomic mass is 19.4. The Morgan fingerprint density at radius 2 is 0.786 bits per heavy atom. The molecule has 0 heterocycles. The average molecular weight is 212 g/mol. The van der Waals surface area contributed by atoms with Crippen molar-refractivity contribution in [3.05, 3.63) is 0 Å².